The Hall–Kier alpha value is -1.94. The Morgan fingerprint density at radius 2 is 0.455 bits per heavy atom. The van der Waals surface area contributed by atoms with E-state index in [4.69, 9.17) is 37.0 Å². The summed E-state index contributed by atoms with van der Waals surface area (Å²) in [6.45, 7) is 7.27. The highest BCUT2D eigenvalue weighted by atomic mass is 31.2. The zero-order chi connectivity index (χ0) is 74.1. The number of carbonyl (C=O) groups excluding carboxylic acids is 4. The quantitative estimate of drug-likeness (QED) is 0.0222. The van der Waals surface area contributed by atoms with Crippen LogP contribution >= 0.6 is 15.6 Å². The number of ether oxygens (including phenoxy) is 4. The second kappa shape index (κ2) is 74.9. The SMILES string of the molecule is CCCCCCCCCCCCCCCCCCCCCCCCC(=O)O[C@H](COC(=O)CCCCCCCCCCCCCCCCCCCCC)COP(=O)(O)OC[C@@H](O)COP(=O)(O)OC[C@@H](COC(=O)CCCCCCCCCC)OC(=O)CCCCCCCCCCCC(C)C. The molecule has 0 rings (SSSR count). The molecular weight excluding hydrogens is 1320 g/mol. The maximum absolute atomic E-state index is 13.1. The molecule has 19 heteroatoms. The second-order valence-electron chi connectivity index (χ2n) is 30.0. The lowest BCUT2D eigenvalue weighted by Gasteiger charge is -2.21. The zero-order valence-electron chi connectivity index (χ0n) is 66.1. The first-order valence-corrected chi connectivity index (χ1v) is 45.6. The van der Waals surface area contributed by atoms with Crippen LogP contribution in [0, 0.1) is 5.92 Å². The van der Waals surface area contributed by atoms with Crippen LogP contribution in [-0.4, -0.2) is 96.7 Å². The number of hydrogen-bond donors (Lipinski definition) is 3. The maximum Gasteiger partial charge on any atom is 0.472 e. The van der Waals surface area contributed by atoms with Crippen LogP contribution < -0.4 is 0 Å². The molecule has 0 bridgehead atoms. The third kappa shape index (κ3) is 76.1. The lowest BCUT2D eigenvalue weighted by Crippen LogP contribution is -2.30. The van der Waals surface area contributed by atoms with Crippen LogP contribution in [0.2, 0.25) is 0 Å². The Morgan fingerprint density at radius 3 is 0.673 bits per heavy atom. The molecule has 3 N–H and O–H groups in total. The summed E-state index contributed by atoms with van der Waals surface area (Å²) in [5, 5.41) is 10.6. The van der Waals surface area contributed by atoms with Gasteiger partial charge in [-0.2, -0.15) is 0 Å². The van der Waals surface area contributed by atoms with Crippen molar-refractivity contribution < 1.29 is 80.2 Å². The standard InChI is InChI=1S/C82H160O17P2/c1-6-9-12-15-18-21-23-25-27-29-31-32-33-35-37-39-41-43-47-52-57-62-67-81(86)98-78(72-93-80(85)66-61-56-51-46-42-40-38-36-34-30-28-26-24-22-19-16-13-10-7-2)74-97-101(90,91)95-70-76(83)69-94-100(88,89)96-73-77(71-92-79(84)65-60-55-50-20-17-14-11-8-3)99-82(87)68-63-58-53-48-44-45-49-54-59-64-75(4)5/h75-78,83H,6-74H2,1-5H3,(H,88,89)(H,90,91)/t76-,77+,78+/m0/s1. The number of phosphoric ester groups is 2. The summed E-state index contributed by atoms with van der Waals surface area (Å²) in [6, 6.07) is 0. The van der Waals surface area contributed by atoms with E-state index in [0.717, 1.165) is 102 Å². The largest absolute Gasteiger partial charge is 0.472 e. The predicted molar refractivity (Wildman–Crippen MR) is 414 cm³/mol. The van der Waals surface area contributed by atoms with Gasteiger partial charge in [-0.15, -0.1) is 0 Å². The average molecular weight is 1480 g/mol. The number of esters is 4. The van der Waals surface area contributed by atoms with Gasteiger partial charge in [0.1, 0.15) is 19.3 Å². The van der Waals surface area contributed by atoms with Crippen LogP contribution in [-0.2, 0) is 65.4 Å². The van der Waals surface area contributed by atoms with E-state index in [-0.39, 0.29) is 25.7 Å². The third-order valence-electron chi connectivity index (χ3n) is 19.3. The number of phosphoric acid groups is 2. The molecule has 0 fully saturated rings. The fourth-order valence-electron chi connectivity index (χ4n) is 12.8. The van der Waals surface area contributed by atoms with E-state index in [1.54, 1.807) is 0 Å². The topological polar surface area (TPSA) is 237 Å². The van der Waals surface area contributed by atoms with E-state index in [1.807, 2.05) is 0 Å². The van der Waals surface area contributed by atoms with Crippen molar-refractivity contribution in [2.75, 3.05) is 39.6 Å². The Morgan fingerprint density at radius 1 is 0.267 bits per heavy atom. The fourth-order valence-corrected chi connectivity index (χ4v) is 14.3. The average Bonchev–Trinajstić information content (AvgIpc) is 0.941. The van der Waals surface area contributed by atoms with Gasteiger partial charge >= 0.3 is 39.5 Å². The zero-order valence-corrected chi connectivity index (χ0v) is 67.8. The van der Waals surface area contributed by atoms with Gasteiger partial charge in [0.05, 0.1) is 26.4 Å². The second-order valence-corrected chi connectivity index (χ2v) is 32.9. The Kier molecular flexibility index (Phi) is 73.5. The third-order valence-corrected chi connectivity index (χ3v) is 21.2. The van der Waals surface area contributed by atoms with Gasteiger partial charge in [0, 0.05) is 25.7 Å². The molecule has 0 aliphatic rings. The summed E-state index contributed by atoms with van der Waals surface area (Å²) in [7, 11) is -9.91. The van der Waals surface area contributed by atoms with Crippen molar-refractivity contribution in [2.45, 2.75) is 457 Å². The minimum atomic E-state index is -4.96. The van der Waals surface area contributed by atoms with Crippen molar-refractivity contribution in [1.29, 1.82) is 0 Å². The highest BCUT2D eigenvalue weighted by Gasteiger charge is 2.30. The van der Waals surface area contributed by atoms with Gasteiger partial charge in [-0.1, -0.05) is 388 Å². The maximum atomic E-state index is 13.1. The smallest absolute Gasteiger partial charge is 0.462 e. The normalized spacial score (nSPS) is 13.8. The van der Waals surface area contributed by atoms with Crippen molar-refractivity contribution in [3.63, 3.8) is 0 Å². The first kappa shape index (κ1) is 99.1. The highest BCUT2D eigenvalue weighted by Crippen LogP contribution is 2.45. The number of aliphatic hydroxyl groups is 1. The van der Waals surface area contributed by atoms with Gasteiger partial charge in [-0.05, 0) is 31.6 Å². The number of hydrogen-bond acceptors (Lipinski definition) is 15. The van der Waals surface area contributed by atoms with Crippen LogP contribution in [0.4, 0.5) is 0 Å². The van der Waals surface area contributed by atoms with Gasteiger partial charge < -0.3 is 33.8 Å². The Bertz CT molecular complexity index is 1930. The van der Waals surface area contributed by atoms with Gasteiger partial charge in [-0.25, -0.2) is 9.13 Å². The summed E-state index contributed by atoms with van der Waals surface area (Å²) < 4.78 is 68.6. The molecule has 0 saturated heterocycles. The van der Waals surface area contributed by atoms with Crippen molar-refractivity contribution in [1.82, 2.24) is 0 Å². The Balaban J connectivity index is 5.17. The van der Waals surface area contributed by atoms with Crippen LogP contribution in [0.3, 0.4) is 0 Å². The van der Waals surface area contributed by atoms with Crippen LogP contribution in [0.5, 0.6) is 0 Å². The summed E-state index contributed by atoms with van der Waals surface area (Å²) in [6.07, 6.45) is 67.0. The van der Waals surface area contributed by atoms with Crippen molar-refractivity contribution in [3.8, 4) is 0 Å². The van der Waals surface area contributed by atoms with E-state index < -0.39 is 97.5 Å². The van der Waals surface area contributed by atoms with Crippen molar-refractivity contribution >= 4 is 39.5 Å². The van der Waals surface area contributed by atoms with E-state index in [1.165, 1.54) is 257 Å². The van der Waals surface area contributed by atoms with E-state index in [2.05, 4.69) is 34.6 Å². The lowest BCUT2D eigenvalue weighted by atomic mass is 10.0. The fraction of sp³-hybridized carbons (Fsp3) is 0.951. The number of carbonyl (C=O) groups is 4. The molecule has 17 nitrogen and oxygen atoms in total. The molecule has 0 radical (unpaired) electrons. The monoisotopic (exact) mass is 1480 g/mol. The first-order chi connectivity index (χ1) is 49.0. The predicted octanol–water partition coefficient (Wildman–Crippen LogP) is 24.8. The number of aliphatic hydroxyl groups excluding tert-OH is 1. The molecule has 0 aliphatic carbocycles. The van der Waals surface area contributed by atoms with E-state index in [0.29, 0.717) is 25.7 Å². The molecule has 0 saturated carbocycles. The molecule has 2 unspecified atom stereocenters. The lowest BCUT2D eigenvalue weighted by molar-refractivity contribution is -0.161. The van der Waals surface area contributed by atoms with Gasteiger partial charge in [-0.3, -0.25) is 37.3 Å². The van der Waals surface area contributed by atoms with Gasteiger partial charge in [0.25, 0.3) is 0 Å². The van der Waals surface area contributed by atoms with Gasteiger partial charge in [0.2, 0.25) is 0 Å². The molecule has 0 spiro atoms. The summed E-state index contributed by atoms with van der Waals surface area (Å²) in [5.74, 6) is -1.37. The minimum Gasteiger partial charge on any atom is -0.462 e. The molecule has 0 aliphatic heterocycles. The number of unbranched alkanes of at least 4 members (excludes halogenated alkanes) is 54. The molecule has 0 aromatic carbocycles. The van der Waals surface area contributed by atoms with E-state index in [9.17, 15) is 43.2 Å². The summed E-state index contributed by atoms with van der Waals surface area (Å²) >= 11 is 0. The van der Waals surface area contributed by atoms with Crippen molar-refractivity contribution in [2.24, 2.45) is 5.92 Å². The van der Waals surface area contributed by atoms with Crippen LogP contribution in [0.1, 0.15) is 439 Å². The molecule has 0 aromatic heterocycles. The molecule has 101 heavy (non-hydrogen) atoms. The molecule has 0 aromatic rings. The first-order valence-electron chi connectivity index (χ1n) is 42.6. The van der Waals surface area contributed by atoms with Gasteiger partial charge in [0.15, 0.2) is 12.2 Å². The highest BCUT2D eigenvalue weighted by molar-refractivity contribution is 7.47. The Labute approximate surface area is 619 Å². The van der Waals surface area contributed by atoms with Crippen molar-refractivity contribution in [3.05, 3.63) is 0 Å². The molecule has 600 valence electrons. The minimum absolute atomic E-state index is 0.106. The molecular formula is C82H160O17P2. The summed E-state index contributed by atoms with van der Waals surface area (Å²) in [5.41, 5.74) is 0. The molecule has 0 heterocycles. The van der Waals surface area contributed by atoms with E-state index >= 15 is 0 Å². The van der Waals surface area contributed by atoms with Crippen LogP contribution in [0.15, 0.2) is 0 Å². The number of rotatable bonds is 82. The van der Waals surface area contributed by atoms with Crippen LogP contribution in [0.25, 0.3) is 0 Å². The molecule has 0 amide bonds. The molecule has 5 atom stereocenters. The summed E-state index contributed by atoms with van der Waals surface area (Å²) in [4.78, 5) is 72.9.